The normalized spacial score (nSPS) is 13.9. The van der Waals surface area contributed by atoms with E-state index in [4.69, 9.17) is 9.47 Å². The van der Waals surface area contributed by atoms with Crippen molar-refractivity contribution in [3.05, 3.63) is 42.0 Å². The van der Waals surface area contributed by atoms with Gasteiger partial charge in [-0.25, -0.2) is 0 Å². The number of methoxy groups -OCH3 is 1. The summed E-state index contributed by atoms with van der Waals surface area (Å²) < 4.78 is 10.1. The maximum atomic E-state index is 12.1. The zero-order valence-corrected chi connectivity index (χ0v) is 14.5. The topological polar surface area (TPSA) is 68.2 Å². The second-order valence-electron chi connectivity index (χ2n) is 6.44. The molecule has 1 heterocycles. The van der Waals surface area contributed by atoms with Gasteiger partial charge in [0.2, 0.25) is 0 Å². The number of ether oxygens (including phenoxy) is 2. The summed E-state index contributed by atoms with van der Waals surface area (Å²) >= 11 is 0. The van der Waals surface area contributed by atoms with Crippen LogP contribution < -0.4 is 0 Å². The number of carbonyl (C=O) groups excluding carboxylic acids is 2. The first kappa shape index (κ1) is 17.7. The Kier molecular flexibility index (Phi) is 5.07. The van der Waals surface area contributed by atoms with Gasteiger partial charge in [0, 0.05) is 11.1 Å². The van der Waals surface area contributed by atoms with E-state index in [1.165, 1.54) is 12.1 Å². The molecule has 6 nitrogen and oxygen atoms in total. The SMILES string of the molecule is C=C1c2ccccc2C(CC(=O)OC)=NN1CC(=O)OC(C)(C)C. The van der Waals surface area contributed by atoms with Gasteiger partial charge in [0.05, 0.1) is 24.9 Å². The van der Waals surface area contributed by atoms with Crippen molar-refractivity contribution in [2.24, 2.45) is 5.10 Å². The number of carbonyl (C=O) groups is 2. The molecule has 2 rings (SSSR count). The van der Waals surface area contributed by atoms with Gasteiger partial charge in [-0.3, -0.25) is 14.6 Å². The molecule has 0 aliphatic carbocycles. The smallest absolute Gasteiger partial charge is 0.328 e. The Bertz CT molecular complexity index is 701. The third-order valence-corrected chi connectivity index (χ3v) is 3.34. The van der Waals surface area contributed by atoms with Gasteiger partial charge in [-0.05, 0) is 20.8 Å². The first-order valence-corrected chi connectivity index (χ1v) is 7.63. The summed E-state index contributed by atoms with van der Waals surface area (Å²) in [5.41, 5.74) is 2.19. The second-order valence-corrected chi connectivity index (χ2v) is 6.44. The van der Waals surface area contributed by atoms with E-state index < -0.39 is 17.5 Å². The Balaban J connectivity index is 2.29. The summed E-state index contributed by atoms with van der Waals surface area (Å²) in [6, 6.07) is 7.48. The Morgan fingerprint density at radius 3 is 2.38 bits per heavy atom. The Morgan fingerprint density at radius 1 is 1.17 bits per heavy atom. The maximum absolute atomic E-state index is 12.1. The summed E-state index contributed by atoms with van der Waals surface area (Å²) in [6.45, 7) is 9.35. The quantitative estimate of drug-likeness (QED) is 0.794. The number of hydrogen-bond acceptors (Lipinski definition) is 6. The van der Waals surface area contributed by atoms with E-state index in [1.54, 1.807) is 20.8 Å². The minimum atomic E-state index is -0.579. The van der Waals surface area contributed by atoms with E-state index in [0.717, 1.165) is 11.1 Å². The number of hydrazone groups is 1. The first-order chi connectivity index (χ1) is 11.2. The third kappa shape index (κ3) is 4.22. The molecule has 6 heteroatoms. The predicted octanol–water partition coefficient (Wildman–Crippen LogP) is 2.58. The molecule has 128 valence electrons. The van der Waals surface area contributed by atoms with Crippen LogP contribution in [0.2, 0.25) is 0 Å². The number of benzene rings is 1. The first-order valence-electron chi connectivity index (χ1n) is 7.63. The van der Waals surface area contributed by atoms with Crippen molar-refractivity contribution in [3.8, 4) is 0 Å². The standard InChI is InChI=1S/C18H22N2O4/c1-12-13-8-6-7-9-14(13)15(10-16(21)23-5)19-20(12)11-17(22)24-18(2,3)4/h6-9H,1,10-11H2,2-5H3. The van der Waals surface area contributed by atoms with E-state index in [2.05, 4.69) is 11.7 Å². The lowest BCUT2D eigenvalue weighted by atomic mass is 9.97. The minimum Gasteiger partial charge on any atom is -0.469 e. The Morgan fingerprint density at radius 2 is 1.79 bits per heavy atom. The van der Waals surface area contributed by atoms with Crippen LogP contribution in [0.4, 0.5) is 0 Å². The highest BCUT2D eigenvalue weighted by atomic mass is 16.6. The molecular weight excluding hydrogens is 308 g/mol. The number of rotatable bonds is 4. The van der Waals surface area contributed by atoms with E-state index >= 15 is 0 Å². The van der Waals surface area contributed by atoms with Crippen molar-refractivity contribution in [1.29, 1.82) is 0 Å². The van der Waals surface area contributed by atoms with Crippen molar-refractivity contribution in [2.75, 3.05) is 13.7 Å². The molecule has 1 aromatic carbocycles. The van der Waals surface area contributed by atoms with Crippen LogP contribution in [-0.4, -0.2) is 41.9 Å². The second kappa shape index (κ2) is 6.86. The van der Waals surface area contributed by atoms with Gasteiger partial charge in [-0.15, -0.1) is 0 Å². The maximum Gasteiger partial charge on any atom is 0.328 e. The van der Waals surface area contributed by atoms with Gasteiger partial charge >= 0.3 is 11.9 Å². The van der Waals surface area contributed by atoms with E-state index in [1.807, 2.05) is 24.3 Å². The highest BCUT2D eigenvalue weighted by Crippen LogP contribution is 2.28. The molecule has 0 radical (unpaired) electrons. The van der Waals surface area contributed by atoms with Crippen molar-refractivity contribution >= 4 is 23.3 Å². The summed E-state index contributed by atoms with van der Waals surface area (Å²) in [5.74, 6) is -0.808. The van der Waals surface area contributed by atoms with Crippen LogP contribution in [0, 0.1) is 0 Å². The Hall–Kier alpha value is -2.63. The largest absolute Gasteiger partial charge is 0.469 e. The molecule has 0 aromatic heterocycles. The molecule has 0 saturated heterocycles. The summed E-state index contributed by atoms with van der Waals surface area (Å²) in [5, 5.41) is 5.88. The molecule has 0 bridgehead atoms. The summed E-state index contributed by atoms with van der Waals surface area (Å²) in [7, 11) is 1.33. The van der Waals surface area contributed by atoms with Crippen LogP contribution in [-0.2, 0) is 19.1 Å². The van der Waals surface area contributed by atoms with Crippen LogP contribution in [0.1, 0.15) is 38.3 Å². The van der Waals surface area contributed by atoms with E-state index in [0.29, 0.717) is 11.4 Å². The molecule has 0 saturated carbocycles. The molecular formula is C18H22N2O4. The van der Waals surface area contributed by atoms with Gasteiger partial charge in [0.25, 0.3) is 0 Å². The number of nitrogens with zero attached hydrogens (tertiary/aromatic N) is 2. The highest BCUT2D eigenvalue weighted by Gasteiger charge is 2.27. The van der Waals surface area contributed by atoms with Crippen LogP contribution in [0.15, 0.2) is 35.9 Å². The fourth-order valence-corrected chi connectivity index (χ4v) is 2.35. The lowest BCUT2D eigenvalue weighted by Crippen LogP contribution is -2.34. The molecule has 1 aliphatic heterocycles. The molecule has 0 fully saturated rings. The van der Waals surface area contributed by atoms with Gasteiger partial charge in [0.1, 0.15) is 12.1 Å². The van der Waals surface area contributed by atoms with Gasteiger partial charge < -0.3 is 9.47 Å². The fourth-order valence-electron chi connectivity index (χ4n) is 2.35. The molecule has 0 unspecified atom stereocenters. The molecule has 0 spiro atoms. The van der Waals surface area contributed by atoms with Crippen LogP contribution in [0.3, 0.4) is 0 Å². The van der Waals surface area contributed by atoms with Gasteiger partial charge in [0.15, 0.2) is 0 Å². The lowest BCUT2D eigenvalue weighted by Gasteiger charge is -2.29. The average Bonchev–Trinajstić information content (AvgIpc) is 2.50. The average molecular weight is 330 g/mol. The predicted molar refractivity (Wildman–Crippen MR) is 91.2 cm³/mol. The van der Waals surface area contributed by atoms with Crippen LogP contribution in [0.25, 0.3) is 5.70 Å². The molecule has 24 heavy (non-hydrogen) atoms. The monoisotopic (exact) mass is 330 g/mol. The lowest BCUT2D eigenvalue weighted by molar-refractivity contribution is -0.155. The van der Waals surface area contributed by atoms with Crippen LogP contribution >= 0.6 is 0 Å². The van der Waals surface area contributed by atoms with Crippen molar-refractivity contribution in [3.63, 3.8) is 0 Å². The van der Waals surface area contributed by atoms with Gasteiger partial charge in [-0.1, -0.05) is 30.8 Å². The van der Waals surface area contributed by atoms with Gasteiger partial charge in [-0.2, -0.15) is 5.10 Å². The van der Waals surface area contributed by atoms with E-state index in [9.17, 15) is 9.59 Å². The molecule has 1 aliphatic rings. The molecule has 0 atom stereocenters. The summed E-state index contributed by atoms with van der Waals surface area (Å²) in [4.78, 5) is 23.8. The zero-order valence-electron chi connectivity index (χ0n) is 14.5. The molecule has 0 N–H and O–H groups in total. The molecule has 0 amide bonds. The molecule has 1 aromatic rings. The van der Waals surface area contributed by atoms with Crippen LogP contribution in [0.5, 0.6) is 0 Å². The summed E-state index contributed by atoms with van der Waals surface area (Å²) in [6.07, 6.45) is 0.0195. The minimum absolute atomic E-state index is 0.0195. The number of esters is 2. The van der Waals surface area contributed by atoms with Crippen molar-refractivity contribution in [1.82, 2.24) is 5.01 Å². The number of fused-ring (bicyclic) bond motifs is 1. The van der Waals surface area contributed by atoms with E-state index in [-0.39, 0.29) is 13.0 Å². The zero-order chi connectivity index (χ0) is 17.9. The fraction of sp³-hybridized carbons (Fsp3) is 0.389. The Labute approximate surface area is 141 Å². The number of hydrogen-bond donors (Lipinski definition) is 0. The van der Waals surface area contributed by atoms with Crippen molar-refractivity contribution in [2.45, 2.75) is 32.8 Å². The van der Waals surface area contributed by atoms with Crippen molar-refractivity contribution < 1.29 is 19.1 Å². The highest BCUT2D eigenvalue weighted by molar-refractivity contribution is 6.12. The third-order valence-electron chi connectivity index (χ3n) is 3.34.